The summed E-state index contributed by atoms with van der Waals surface area (Å²) in [7, 11) is -0.0320. The van der Waals surface area contributed by atoms with E-state index in [4.69, 9.17) is 9.72 Å². The van der Waals surface area contributed by atoms with E-state index in [1.165, 1.54) is 4.31 Å². The van der Waals surface area contributed by atoms with E-state index in [0.717, 1.165) is 34.2 Å². The lowest BCUT2D eigenvalue weighted by atomic mass is 10.2. The molecule has 146 valence electrons. The molecule has 0 fully saturated rings. The number of benzene rings is 1. The number of imidazole rings is 1. The van der Waals surface area contributed by atoms with E-state index < -0.39 is 10.0 Å². The summed E-state index contributed by atoms with van der Waals surface area (Å²) >= 11 is 0. The summed E-state index contributed by atoms with van der Waals surface area (Å²) in [6.45, 7) is 3.69. The highest BCUT2D eigenvalue weighted by molar-refractivity contribution is 7.89. The van der Waals surface area contributed by atoms with Crippen molar-refractivity contribution >= 4 is 32.0 Å². The van der Waals surface area contributed by atoms with Crippen molar-refractivity contribution in [3.8, 4) is 0 Å². The number of ether oxygens (including phenoxy) is 1. The molecule has 0 unspecified atom stereocenters. The van der Waals surface area contributed by atoms with Crippen molar-refractivity contribution in [1.82, 2.24) is 18.8 Å². The van der Waals surface area contributed by atoms with Gasteiger partial charge < -0.3 is 9.30 Å². The summed E-state index contributed by atoms with van der Waals surface area (Å²) in [5.74, 6) is 0.996. The van der Waals surface area contributed by atoms with Gasteiger partial charge in [-0.15, -0.1) is 0 Å². The zero-order chi connectivity index (χ0) is 19.4. The first kappa shape index (κ1) is 19.7. The van der Waals surface area contributed by atoms with Crippen LogP contribution in [0.25, 0.3) is 21.9 Å². The van der Waals surface area contributed by atoms with Crippen LogP contribution in [0.4, 0.5) is 0 Å². The molecule has 1 aromatic carbocycles. The van der Waals surface area contributed by atoms with Crippen molar-refractivity contribution in [3.63, 3.8) is 0 Å². The maximum absolute atomic E-state index is 12.0. The van der Waals surface area contributed by atoms with Gasteiger partial charge in [-0.3, -0.25) is 4.98 Å². The largest absolute Gasteiger partial charge is 0.374 e. The molecule has 0 bridgehead atoms. The van der Waals surface area contributed by atoms with Gasteiger partial charge in [0.05, 0.1) is 23.0 Å². The lowest BCUT2D eigenvalue weighted by Gasteiger charge is -2.13. The summed E-state index contributed by atoms with van der Waals surface area (Å²) in [6.07, 6.45) is 3.13. The van der Waals surface area contributed by atoms with Gasteiger partial charge in [0.25, 0.3) is 0 Å². The van der Waals surface area contributed by atoms with Crippen molar-refractivity contribution < 1.29 is 13.2 Å². The topological polar surface area (TPSA) is 77.3 Å². The van der Waals surface area contributed by atoms with Gasteiger partial charge in [-0.25, -0.2) is 17.7 Å². The molecule has 0 spiro atoms. The van der Waals surface area contributed by atoms with Crippen molar-refractivity contribution in [2.24, 2.45) is 0 Å². The predicted molar refractivity (Wildman–Crippen MR) is 107 cm³/mol. The Labute approximate surface area is 160 Å². The minimum Gasteiger partial charge on any atom is -0.374 e. The number of nitrogens with zero attached hydrogens (tertiary/aromatic N) is 4. The van der Waals surface area contributed by atoms with Crippen LogP contribution in [-0.4, -0.2) is 53.7 Å². The van der Waals surface area contributed by atoms with Crippen molar-refractivity contribution in [2.75, 3.05) is 26.5 Å². The fourth-order valence-electron chi connectivity index (χ4n) is 3.09. The molecule has 0 radical (unpaired) electrons. The average Bonchev–Trinajstić information content (AvgIpc) is 3.01. The molecule has 3 rings (SSSR count). The van der Waals surface area contributed by atoms with Crippen LogP contribution in [0.2, 0.25) is 0 Å². The van der Waals surface area contributed by atoms with E-state index in [2.05, 4.69) is 9.55 Å². The van der Waals surface area contributed by atoms with Gasteiger partial charge in [-0.05, 0) is 25.8 Å². The minimum absolute atomic E-state index is 0.149. The fraction of sp³-hybridized carbons (Fsp3) is 0.474. The highest BCUT2D eigenvalue weighted by Gasteiger charge is 2.16. The molecular formula is C19H26N4O3S. The molecule has 0 atom stereocenters. The predicted octanol–water partition coefficient (Wildman–Crippen LogP) is 2.79. The molecule has 27 heavy (non-hydrogen) atoms. The normalized spacial score (nSPS) is 12.4. The third kappa shape index (κ3) is 4.28. The van der Waals surface area contributed by atoms with Gasteiger partial charge in [0.2, 0.25) is 10.0 Å². The number of aryl methyl sites for hydroxylation is 1. The molecule has 0 aliphatic carbocycles. The molecule has 0 amide bonds. The number of unbranched alkanes of at least 4 members (excludes halogenated alkanes) is 1. The first-order valence-corrected chi connectivity index (χ1v) is 10.8. The maximum atomic E-state index is 12.0. The Morgan fingerprint density at radius 3 is 2.67 bits per heavy atom. The number of aromatic nitrogens is 3. The molecule has 3 aromatic rings. The van der Waals surface area contributed by atoms with E-state index in [1.54, 1.807) is 20.3 Å². The SMILES string of the molecule is CCOCc1nc2cnc3ccccc3c2n1CCCCS(=O)(=O)N(C)C. The van der Waals surface area contributed by atoms with Gasteiger partial charge in [-0.1, -0.05) is 18.2 Å². The molecule has 7 nitrogen and oxygen atoms in total. The van der Waals surface area contributed by atoms with Gasteiger partial charge in [0.15, 0.2) is 0 Å². The fourth-order valence-corrected chi connectivity index (χ4v) is 4.03. The summed E-state index contributed by atoms with van der Waals surface area (Å²) in [4.78, 5) is 9.20. The third-order valence-electron chi connectivity index (χ3n) is 4.58. The summed E-state index contributed by atoms with van der Waals surface area (Å²) < 4.78 is 32.9. The van der Waals surface area contributed by atoms with Crippen LogP contribution in [-0.2, 0) is 27.9 Å². The standard InChI is InChI=1S/C19H26N4O3S/c1-4-26-14-18-21-17-13-20-16-10-6-5-9-15(16)19(17)23(18)11-7-8-12-27(24,25)22(2)3/h5-6,9-10,13H,4,7-8,11-12,14H2,1-3H3. The summed E-state index contributed by atoms with van der Waals surface area (Å²) in [5, 5.41) is 1.05. The first-order chi connectivity index (χ1) is 12.9. The van der Waals surface area contributed by atoms with Crippen LogP contribution in [0.5, 0.6) is 0 Å². The highest BCUT2D eigenvalue weighted by Crippen LogP contribution is 2.25. The molecule has 0 saturated carbocycles. The highest BCUT2D eigenvalue weighted by atomic mass is 32.2. The number of rotatable bonds is 9. The van der Waals surface area contributed by atoms with Crippen LogP contribution >= 0.6 is 0 Å². The Balaban J connectivity index is 1.90. The van der Waals surface area contributed by atoms with Gasteiger partial charge in [0, 0.05) is 32.6 Å². The average molecular weight is 391 g/mol. The second-order valence-corrected chi connectivity index (χ2v) is 8.93. The Morgan fingerprint density at radius 1 is 1.15 bits per heavy atom. The third-order valence-corrected chi connectivity index (χ3v) is 6.50. The second-order valence-electron chi connectivity index (χ2n) is 6.63. The molecule has 0 aliphatic rings. The van der Waals surface area contributed by atoms with E-state index in [-0.39, 0.29) is 5.75 Å². The molecule has 0 aliphatic heterocycles. The van der Waals surface area contributed by atoms with E-state index in [9.17, 15) is 8.42 Å². The quantitative estimate of drug-likeness (QED) is 0.525. The Hall–Kier alpha value is -2.03. The van der Waals surface area contributed by atoms with E-state index in [1.807, 2.05) is 31.2 Å². The number of pyridine rings is 1. The maximum Gasteiger partial charge on any atom is 0.213 e. The van der Waals surface area contributed by atoms with Crippen LogP contribution in [0.3, 0.4) is 0 Å². The Morgan fingerprint density at radius 2 is 1.93 bits per heavy atom. The zero-order valence-corrected chi connectivity index (χ0v) is 16.9. The van der Waals surface area contributed by atoms with E-state index >= 15 is 0 Å². The van der Waals surface area contributed by atoms with Crippen molar-refractivity contribution in [3.05, 3.63) is 36.3 Å². The zero-order valence-electron chi connectivity index (χ0n) is 16.1. The summed E-state index contributed by atoms with van der Waals surface area (Å²) in [5.41, 5.74) is 2.79. The second kappa shape index (κ2) is 8.33. The van der Waals surface area contributed by atoms with Gasteiger partial charge >= 0.3 is 0 Å². The molecule has 8 heteroatoms. The van der Waals surface area contributed by atoms with Gasteiger partial charge in [0.1, 0.15) is 17.9 Å². The van der Waals surface area contributed by atoms with Gasteiger partial charge in [-0.2, -0.15) is 0 Å². The van der Waals surface area contributed by atoms with Crippen LogP contribution in [0.1, 0.15) is 25.6 Å². The molecular weight excluding hydrogens is 364 g/mol. The van der Waals surface area contributed by atoms with E-state index in [0.29, 0.717) is 26.2 Å². The molecule has 2 aromatic heterocycles. The number of hydrogen-bond donors (Lipinski definition) is 0. The van der Waals surface area contributed by atoms with Crippen LogP contribution < -0.4 is 0 Å². The Bertz CT molecular complexity index is 1030. The summed E-state index contributed by atoms with van der Waals surface area (Å²) in [6, 6.07) is 7.99. The molecule has 0 N–H and O–H groups in total. The number of para-hydroxylation sites is 1. The monoisotopic (exact) mass is 390 g/mol. The Kier molecular flexibility index (Phi) is 6.08. The number of fused-ring (bicyclic) bond motifs is 3. The van der Waals surface area contributed by atoms with Crippen LogP contribution in [0, 0.1) is 0 Å². The first-order valence-electron chi connectivity index (χ1n) is 9.15. The number of sulfonamides is 1. The lowest BCUT2D eigenvalue weighted by molar-refractivity contribution is 0.126. The lowest BCUT2D eigenvalue weighted by Crippen LogP contribution is -2.25. The molecule has 2 heterocycles. The number of hydrogen-bond acceptors (Lipinski definition) is 5. The molecule has 0 saturated heterocycles. The van der Waals surface area contributed by atoms with Crippen LogP contribution in [0.15, 0.2) is 30.5 Å². The smallest absolute Gasteiger partial charge is 0.213 e. The van der Waals surface area contributed by atoms with Crippen molar-refractivity contribution in [1.29, 1.82) is 0 Å². The van der Waals surface area contributed by atoms with Crippen molar-refractivity contribution in [2.45, 2.75) is 32.9 Å². The minimum atomic E-state index is -3.17.